The molecule has 83 heavy (non-hydrogen) atoms. The van der Waals surface area contributed by atoms with Gasteiger partial charge in [-0.05, 0) is 162 Å². The molecule has 394 valence electrons. The maximum absolute atomic E-state index is 5.83. The van der Waals surface area contributed by atoms with Crippen LogP contribution >= 0.6 is 0 Å². The van der Waals surface area contributed by atoms with Crippen molar-refractivity contribution in [2.75, 3.05) is 0 Å². The molecule has 0 fully saturated rings. The Bertz CT molecular complexity index is 4540. The van der Waals surface area contributed by atoms with Crippen LogP contribution in [0.4, 0.5) is 0 Å². The second kappa shape index (κ2) is 18.3. The van der Waals surface area contributed by atoms with Gasteiger partial charge < -0.3 is 9.13 Å². The van der Waals surface area contributed by atoms with Crippen LogP contribution in [-0.2, 0) is 10.8 Å². The molecular weight excluding hydrogens is 1000 g/mol. The first-order valence-corrected chi connectivity index (χ1v) is 29.2. The zero-order valence-electron chi connectivity index (χ0n) is 47.5. The van der Waals surface area contributed by atoms with Crippen LogP contribution in [0.3, 0.4) is 0 Å². The van der Waals surface area contributed by atoms with Gasteiger partial charge in [0.1, 0.15) is 0 Å². The summed E-state index contributed by atoms with van der Waals surface area (Å²) in [4.78, 5) is 11.5. The molecule has 16 rings (SSSR count). The molecule has 0 saturated heterocycles. The van der Waals surface area contributed by atoms with Crippen molar-refractivity contribution in [1.29, 1.82) is 0 Å². The lowest BCUT2D eigenvalue weighted by Gasteiger charge is -2.34. The summed E-state index contributed by atoms with van der Waals surface area (Å²) in [5, 5.41) is 5.11. The van der Waals surface area contributed by atoms with E-state index in [1.54, 1.807) is 0 Å². The van der Waals surface area contributed by atoms with E-state index < -0.39 is 0 Å². The molecule has 5 heteroatoms. The summed E-state index contributed by atoms with van der Waals surface area (Å²) in [7, 11) is 0. The number of rotatable bonds is 7. The smallest absolute Gasteiger partial charge is 0.252 e. The monoisotopic (exact) mass is 1060 g/mol. The molecule has 2 aliphatic heterocycles. The minimum absolute atomic E-state index is 0.00923. The SMILES string of the molecule is CC(C)(C)c1ccc2c(c1)c1cccc3c1n2-c1cc(-c2cc(-c4cc(-c5ccccc5)cc(-c5ccccc5)c4)nc(-c4cc(-c5ccccc5)cc(-c5ccccc5)c4)n2)cc2c1B3c1cccc3c4cc(C(C)(C)C)ccc4n-2c13. The molecule has 0 N–H and O–H groups in total. The molecule has 0 spiro atoms. The van der Waals surface area contributed by atoms with Gasteiger partial charge in [0.2, 0.25) is 0 Å². The fraction of sp³-hybridized carbons (Fsp3) is 0.103. The highest BCUT2D eigenvalue weighted by Crippen LogP contribution is 2.44. The van der Waals surface area contributed by atoms with Crippen LogP contribution in [0.15, 0.2) is 249 Å². The minimum Gasteiger partial charge on any atom is -0.310 e. The number of hydrogen-bond donors (Lipinski definition) is 0. The molecule has 11 aromatic carbocycles. The van der Waals surface area contributed by atoms with E-state index >= 15 is 0 Å². The molecule has 3 aromatic heterocycles. The maximum atomic E-state index is 5.83. The van der Waals surface area contributed by atoms with Gasteiger partial charge in [0.25, 0.3) is 6.71 Å². The van der Waals surface area contributed by atoms with Gasteiger partial charge in [-0.25, -0.2) is 9.97 Å². The molecule has 0 radical (unpaired) electrons. The average molecular weight is 1060 g/mol. The maximum Gasteiger partial charge on any atom is 0.252 e. The standard InChI is InChI=1S/C78H59BN4/c1-77(2,3)59-33-35-69-63(45-59)61-29-19-31-65-74(61)82(69)71-43-57(44-72-73(71)79(65)66-32-20-30-62-64-46-60(78(4,5)6)34-36-70(64)83(72)75(62)66)68-47-67(56-39-52(48-21-11-7-12-22-48)37-53(40-56)49-23-13-8-14-24-49)80-76(81-68)58-41-54(50-25-15-9-16-26-50)38-55(42-58)51-27-17-10-18-28-51/h7-47H,1-6H3. The third kappa shape index (κ3) is 7.89. The molecule has 4 nitrogen and oxygen atoms in total. The molecule has 0 saturated carbocycles. The van der Waals surface area contributed by atoms with Crippen molar-refractivity contribution in [3.05, 3.63) is 260 Å². The number of aromatic nitrogens is 4. The number of benzene rings is 11. The van der Waals surface area contributed by atoms with Gasteiger partial charge in [-0.3, -0.25) is 0 Å². The summed E-state index contributed by atoms with van der Waals surface area (Å²) < 4.78 is 5.18. The van der Waals surface area contributed by atoms with Gasteiger partial charge in [-0.2, -0.15) is 0 Å². The summed E-state index contributed by atoms with van der Waals surface area (Å²) in [6.45, 7) is 13.9. The van der Waals surface area contributed by atoms with Crippen molar-refractivity contribution in [3.8, 4) is 89.8 Å². The van der Waals surface area contributed by atoms with E-state index in [4.69, 9.17) is 9.97 Å². The van der Waals surface area contributed by atoms with E-state index in [0.717, 1.165) is 72.6 Å². The van der Waals surface area contributed by atoms with Crippen LogP contribution in [0, 0.1) is 0 Å². The summed E-state index contributed by atoms with van der Waals surface area (Å²) in [5.41, 5.74) is 27.6. The van der Waals surface area contributed by atoms with Gasteiger partial charge in [-0.15, -0.1) is 0 Å². The van der Waals surface area contributed by atoms with Crippen LogP contribution in [0.25, 0.3) is 133 Å². The first-order chi connectivity index (χ1) is 40.4. The van der Waals surface area contributed by atoms with E-state index in [0.29, 0.717) is 5.82 Å². The average Bonchev–Trinajstić information content (AvgIpc) is 1.75. The van der Waals surface area contributed by atoms with Crippen LogP contribution in [0.5, 0.6) is 0 Å². The quantitative estimate of drug-likeness (QED) is 0.149. The molecule has 14 aromatic rings. The molecule has 0 amide bonds. The number of fused-ring (bicyclic) bond motifs is 10. The minimum atomic E-state index is -0.0232. The lowest BCUT2D eigenvalue weighted by atomic mass is 9.34. The fourth-order valence-electron chi connectivity index (χ4n) is 13.6. The molecule has 5 heterocycles. The van der Waals surface area contributed by atoms with E-state index in [-0.39, 0.29) is 17.5 Å². The van der Waals surface area contributed by atoms with Crippen molar-refractivity contribution >= 4 is 66.7 Å². The summed E-state index contributed by atoms with van der Waals surface area (Å²) in [6.07, 6.45) is 0. The highest BCUT2D eigenvalue weighted by molar-refractivity contribution is 7.00. The van der Waals surface area contributed by atoms with E-state index in [9.17, 15) is 0 Å². The van der Waals surface area contributed by atoms with E-state index in [1.165, 1.54) is 82.5 Å². The second-order valence-electron chi connectivity index (χ2n) is 25.0. The lowest BCUT2D eigenvalue weighted by Crippen LogP contribution is -2.59. The Hall–Kier alpha value is -9.84. The van der Waals surface area contributed by atoms with Crippen molar-refractivity contribution in [1.82, 2.24) is 19.1 Å². The van der Waals surface area contributed by atoms with Gasteiger partial charge in [-0.1, -0.05) is 211 Å². The molecule has 2 aliphatic rings. The number of para-hydroxylation sites is 2. The zero-order valence-corrected chi connectivity index (χ0v) is 47.5. The predicted molar refractivity (Wildman–Crippen MR) is 351 cm³/mol. The van der Waals surface area contributed by atoms with Crippen LogP contribution in [0.1, 0.15) is 52.7 Å². The summed E-state index contributed by atoms with van der Waals surface area (Å²) in [6, 6.07) is 92.2. The Morgan fingerprint density at radius 3 is 1.05 bits per heavy atom. The molecular formula is C78H59BN4. The zero-order chi connectivity index (χ0) is 55.9. The Balaban J connectivity index is 1.02. The van der Waals surface area contributed by atoms with Gasteiger partial charge >= 0.3 is 0 Å². The van der Waals surface area contributed by atoms with Gasteiger partial charge in [0, 0.05) is 60.6 Å². The Morgan fingerprint density at radius 1 is 0.301 bits per heavy atom. The first kappa shape index (κ1) is 49.0. The number of hydrogen-bond acceptors (Lipinski definition) is 2. The normalized spacial score (nSPS) is 12.7. The Kier molecular flexibility index (Phi) is 10.8. The van der Waals surface area contributed by atoms with Crippen molar-refractivity contribution in [3.63, 3.8) is 0 Å². The van der Waals surface area contributed by atoms with Crippen molar-refractivity contribution < 1.29 is 0 Å². The Labute approximate surface area is 485 Å². The highest BCUT2D eigenvalue weighted by atomic mass is 15.0. The molecule has 0 bridgehead atoms. The van der Waals surface area contributed by atoms with Crippen molar-refractivity contribution in [2.45, 2.75) is 52.4 Å². The summed E-state index contributed by atoms with van der Waals surface area (Å²) in [5.74, 6) is 0.658. The van der Waals surface area contributed by atoms with Crippen LogP contribution in [0.2, 0.25) is 0 Å². The third-order valence-corrected chi connectivity index (χ3v) is 17.8. The van der Waals surface area contributed by atoms with Crippen LogP contribution in [-0.4, -0.2) is 25.8 Å². The largest absolute Gasteiger partial charge is 0.310 e. The van der Waals surface area contributed by atoms with Gasteiger partial charge in [0.05, 0.1) is 22.4 Å². The molecule has 0 unspecified atom stereocenters. The van der Waals surface area contributed by atoms with E-state index in [2.05, 4.69) is 299 Å². The molecule has 0 atom stereocenters. The Morgan fingerprint density at radius 2 is 0.663 bits per heavy atom. The first-order valence-electron chi connectivity index (χ1n) is 29.2. The van der Waals surface area contributed by atoms with Crippen LogP contribution < -0.4 is 16.4 Å². The number of nitrogens with zero attached hydrogens (tertiary/aromatic N) is 4. The molecule has 0 aliphatic carbocycles. The van der Waals surface area contributed by atoms with Gasteiger partial charge in [0.15, 0.2) is 5.82 Å². The predicted octanol–water partition coefficient (Wildman–Crippen LogP) is 18.1. The second-order valence-corrected chi connectivity index (χ2v) is 25.0. The van der Waals surface area contributed by atoms with E-state index in [1.807, 2.05) is 0 Å². The fourth-order valence-corrected chi connectivity index (χ4v) is 13.6. The topological polar surface area (TPSA) is 35.6 Å². The third-order valence-electron chi connectivity index (χ3n) is 17.8. The summed E-state index contributed by atoms with van der Waals surface area (Å²) >= 11 is 0. The van der Waals surface area contributed by atoms with Crippen molar-refractivity contribution in [2.24, 2.45) is 0 Å². The highest BCUT2D eigenvalue weighted by Gasteiger charge is 2.41. The lowest BCUT2D eigenvalue weighted by molar-refractivity contribution is 0.591.